The van der Waals surface area contributed by atoms with Crippen LogP contribution in [0.15, 0.2) is 0 Å². The molecule has 0 saturated carbocycles. The molecule has 0 fully saturated rings. The van der Waals surface area contributed by atoms with Crippen molar-refractivity contribution in [1.82, 2.24) is 0 Å². The second-order valence-electron chi connectivity index (χ2n) is 6.41. The molecule has 0 aliphatic heterocycles. The first-order valence-corrected chi connectivity index (χ1v) is 10.2. The van der Waals surface area contributed by atoms with Gasteiger partial charge in [0.05, 0.1) is 6.10 Å². The highest BCUT2D eigenvalue weighted by atomic mass is 28.4. The Morgan fingerprint density at radius 1 is 0.722 bits per heavy atom. The third kappa shape index (κ3) is 3.04. The summed E-state index contributed by atoms with van der Waals surface area (Å²) >= 11 is 0. The van der Waals surface area contributed by atoms with Crippen LogP contribution in [-0.2, 0) is 4.43 Å². The molecule has 1 unspecified atom stereocenters. The minimum atomic E-state index is -1.50. The first-order valence-electron chi connectivity index (χ1n) is 6.81. The number of hydrogen-bond acceptors (Lipinski definition) is 1. The minimum absolute atomic E-state index is 0.203. The highest BCUT2D eigenvalue weighted by Crippen LogP contribution is 2.33. The maximum atomic E-state index is 6.27. The highest BCUT2D eigenvalue weighted by molar-refractivity contribution is 6.69. The van der Waals surface area contributed by atoms with Crippen LogP contribution in [0.5, 0.6) is 0 Å². The Morgan fingerprint density at radius 3 is 1.39 bits per heavy atom. The van der Waals surface area contributed by atoms with Gasteiger partial charge in [0, 0.05) is 0 Å². The molecule has 0 bridgehead atoms. The summed E-state index contributed by atoms with van der Waals surface area (Å²) in [5.41, 5.74) is 8.47. The molecule has 0 aliphatic rings. The lowest BCUT2D eigenvalue weighted by molar-refractivity contribution is 0.217. The fourth-order valence-electron chi connectivity index (χ4n) is 2.73. The van der Waals surface area contributed by atoms with Crippen LogP contribution in [0, 0.1) is 34.6 Å². The van der Waals surface area contributed by atoms with E-state index in [0.717, 1.165) is 0 Å². The van der Waals surface area contributed by atoms with Gasteiger partial charge in [0.2, 0.25) is 0 Å². The Labute approximate surface area is 114 Å². The van der Waals surface area contributed by atoms with Gasteiger partial charge < -0.3 is 4.43 Å². The highest BCUT2D eigenvalue weighted by Gasteiger charge is 2.23. The summed E-state index contributed by atoms with van der Waals surface area (Å²) in [7, 11) is -1.50. The molecule has 18 heavy (non-hydrogen) atoms. The van der Waals surface area contributed by atoms with Crippen molar-refractivity contribution in [1.29, 1.82) is 0 Å². The molecular weight excluding hydrogens is 236 g/mol. The van der Waals surface area contributed by atoms with E-state index in [0.29, 0.717) is 0 Å². The van der Waals surface area contributed by atoms with Gasteiger partial charge in [-0.1, -0.05) is 0 Å². The van der Waals surface area contributed by atoms with Crippen molar-refractivity contribution in [2.75, 3.05) is 0 Å². The smallest absolute Gasteiger partial charge is 0.184 e. The van der Waals surface area contributed by atoms with Gasteiger partial charge in [0.25, 0.3) is 0 Å². The van der Waals surface area contributed by atoms with Crippen LogP contribution in [-0.4, -0.2) is 8.32 Å². The summed E-state index contributed by atoms with van der Waals surface area (Å²) < 4.78 is 6.27. The molecule has 102 valence electrons. The van der Waals surface area contributed by atoms with E-state index in [1.54, 1.807) is 0 Å². The normalized spacial score (nSPS) is 13.8. The van der Waals surface area contributed by atoms with Crippen LogP contribution >= 0.6 is 0 Å². The molecule has 1 aromatic carbocycles. The molecule has 1 nitrogen and oxygen atoms in total. The van der Waals surface area contributed by atoms with Gasteiger partial charge in [-0.2, -0.15) is 0 Å². The molecule has 0 N–H and O–H groups in total. The minimum Gasteiger partial charge on any atom is -0.411 e. The molecule has 0 saturated heterocycles. The fraction of sp³-hybridized carbons (Fsp3) is 0.625. The van der Waals surface area contributed by atoms with Crippen molar-refractivity contribution in [2.45, 2.75) is 67.3 Å². The summed E-state index contributed by atoms with van der Waals surface area (Å²) in [5, 5.41) is 0. The quantitative estimate of drug-likeness (QED) is 0.687. The molecule has 2 heteroatoms. The average Bonchev–Trinajstić information content (AvgIpc) is 2.21. The molecule has 0 heterocycles. The van der Waals surface area contributed by atoms with Gasteiger partial charge in [-0.15, -0.1) is 0 Å². The summed E-state index contributed by atoms with van der Waals surface area (Å²) in [6.45, 7) is 20.1. The van der Waals surface area contributed by atoms with E-state index in [2.05, 4.69) is 61.2 Å². The lowest BCUT2D eigenvalue weighted by Crippen LogP contribution is -2.27. The van der Waals surface area contributed by atoms with Gasteiger partial charge in [-0.05, 0) is 94.6 Å². The molecule has 0 aromatic heterocycles. The Hall–Kier alpha value is -0.603. The van der Waals surface area contributed by atoms with E-state index in [4.69, 9.17) is 4.43 Å². The molecule has 0 aliphatic carbocycles. The largest absolute Gasteiger partial charge is 0.411 e. The Morgan fingerprint density at radius 2 is 1.06 bits per heavy atom. The molecule has 1 aromatic rings. The maximum absolute atomic E-state index is 6.27. The van der Waals surface area contributed by atoms with E-state index >= 15 is 0 Å². The maximum Gasteiger partial charge on any atom is 0.184 e. The van der Waals surface area contributed by atoms with E-state index in [1.807, 2.05) is 0 Å². The van der Waals surface area contributed by atoms with Gasteiger partial charge in [0.15, 0.2) is 8.32 Å². The van der Waals surface area contributed by atoms with Gasteiger partial charge in [0.1, 0.15) is 0 Å². The molecule has 1 rings (SSSR count). The van der Waals surface area contributed by atoms with Gasteiger partial charge in [-0.3, -0.25) is 0 Å². The van der Waals surface area contributed by atoms with Crippen molar-refractivity contribution in [3.8, 4) is 0 Å². The van der Waals surface area contributed by atoms with E-state index < -0.39 is 8.32 Å². The predicted molar refractivity (Wildman–Crippen MR) is 83.0 cm³/mol. The van der Waals surface area contributed by atoms with Crippen molar-refractivity contribution >= 4 is 8.32 Å². The lowest BCUT2D eigenvalue weighted by atomic mass is 9.87. The SMILES string of the molecule is Cc1c(C)c(C)c(C(C)O[Si](C)(C)C)c(C)c1C. The van der Waals surface area contributed by atoms with Crippen LogP contribution in [0.3, 0.4) is 0 Å². The van der Waals surface area contributed by atoms with Crippen LogP contribution < -0.4 is 0 Å². The number of benzene rings is 1. The topological polar surface area (TPSA) is 9.23 Å². The third-order valence-corrected chi connectivity index (χ3v) is 5.06. The van der Waals surface area contributed by atoms with Gasteiger partial charge in [-0.25, -0.2) is 0 Å². The molecule has 0 amide bonds. The first kappa shape index (κ1) is 15.5. The van der Waals surface area contributed by atoms with E-state index in [9.17, 15) is 0 Å². The summed E-state index contributed by atoms with van der Waals surface area (Å²) in [5.74, 6) is 0. The Kier molecular flexibility index (Phi) is 4.45. The summed E-state index contributed by atoms with van der Waals surface area (Å²) in [6.07, 6.45) is 0.203. The second kappa shape index (κ2) is 5.18. The van der Waals surface area contributed by atoms with Crippen LogP contribution in [0.4, 0.5) is 0 Å². The molecule has 1 atom stereocenters. The predicted octanol–water partition coefficient (Wildman–Crippen LogP) is 5.14. The average molecular weight is 264 g/mol. The van der Waals surface area contributed by atoms with E-state index in [1.165, 1.54) is 33.4 Å². The number of hydrogen-bond donors (Lipinski definition) is 0. The van der Waals surface area contributed by atoms with Crippen LogP contribution in [0.2, 0.25) is 19.6 Å². The monoisotopic (exact) mass is 264 g/mol. The first-order chi connectivity index (χ1) is 8.06. The molecule has 0 radical (unpaired) electrons. The summed E-state index contributed by atoms with van der Waals surface area (Å²) in [6, 6.07) is 0. The second-order valence-corrected chi connectivity index (χ2v) is 10.9. The van der Waals surface area contributed by atoms with E-state index in [-0.39, 0.29) is 6.10 Å². The fourth-order valence-corrected chi connectivity index (χ4v) is 3.91. The molecular formula is C16H28OSi. The third-order valence-electron chi connectivity index (χ3n) is 3.99. The van der Waals surface area contributed by atoms with Crippen molar-refractivity contribution in [2.24, 2.45) is 0 Å². The van der Waals surface area contributed by atoms with Crippen LogP contribution in [0.25, 0.3) is 0 Å². The Bertz CT molecular complexity index is 426. The van der Waals surface area contributed by atoms with Crippen molar-refractivity contribution in [3.63, 3.8) is 0 Å². The zero-order valence-corrected chi connectivity index (χ0v) is 14.5. The van der Waals surface area contributed by atoms with Crippen molar-refractivity contribution in [3.05, 3.63) is 33.4 Å². The van der Waals surface area contributed by atoms with Crippen molar-refractivity contribution < 1.29 is 4.43 Å². The standard InChI is InChI=1S/C16H28OSi/c1-10-11(2)13(4)16(14(5)12(10)3)15(6)17-18(7,8)9/h15H,1-9H3. The van der Waals surface area contributed by atoms with Crippen LogP contribution in [0.1, 0.15) is 46.4 Å². The number of rotatable bonds is 3. The molecule has 0 spiro atoms. The Balaban J connectivity index is 3.33. The lowest BCUT2D eigenvalue weighted by Gasteiger charge is -2.28. The van der Waals surface area contributed by atoms with Gasteiger partial charge >= 0.3 is 0 Å². The zero-order valence-electron chi connectivity index (χ0n) is 13.5. The zero-order chi connectivity index (χ0) is 14.2. The summed E-state index contributed by atoms with van der Waals surface area (Å²) in [4.78, 5) is 0.